The number of likely N-dealkylation sites (tertiary alicyclic amines) is 1. The van der Waals surface area contributed by atoms with Crippen LogP contribution in [-0.4, -0.2) is 54.2 Å². The Morgan fingerprint density at radius 2 is 1.67 bits per heavy atom. The summed E-state index contributed by atoms with van der Waals surface area (Å²) in [7, 11) is 0. The maximum absolute atomic E-state index is 12.4. The highest BCUT2D eigenvalue weighted by Crippen LogP contribution is 2.44. The third-order valence-electron chi connectivity index (χ3n) is 6.74. The Kier molecular flexibility index (Phi) is 6.96. The second-order valence-electron chi connectivity index (χ2n) is 8.99. The summed E-state index contributed by atoms with van der Waals surface area (Å²) in [6.07, 6.45) is 0.433. The lowest BCUT2D eigenvalue weighted by atomic mass is 9.95. The van der Waals surface area contributed by atoms with Crippen LogP contribution in [0.5, 0.6) is 0 Å². The van der Waals surface area contributed by atoms with E-state index in [2.05, 4.69) is 29.6 Å². The van der Waals surface area contributed by atoms with Crippen LogP contribution in [0.3, 0.4) is 0 Å². The second-order valence-corrected chi connectivity index (χ2v) is 8.99. The molecule has 2 aromatic carbocycles. The van der Waals surface area contributed by atoms with Gasteiger partial charge in [0.25, 0.3) is 0 Å². The fourth-order valence-corrected chi connectivity index (χ4v) is 4.97. The van der Waals surface area contributed by atoms with Gasteiger partial charge in [0.05, 0.1) is 6.42 Å². The average Bonchev–Trinajstić information content (AvgIpc) is 3.32. The number of nitrogens with zero attached hydrogens (tertiary/aromatic N) is 1. The number of nitrogens with one attached hydrogen (secondary N) is 1. The lowest BCUT2D eigenvalue weighted by Crippen LogP contribution is -2.31. The third-order valence-corrected chi connectivity index (χ3v) is 6.74. The molecular formula is C26H30N2O5. The van der Waals surface area contributed by atoms with Gasteiger partial charge in [-0.2, -0.15) is 0 Å². The van der Waals surface area contributed by atoms with Crippen LogP contribution in [0.1, 0.15) is 43.2 Å². The average molecular weight is 451 g/mol. The summed E-state index contributed by atoms with van der Waals surface area (Å²) in [5, 5.41) is 11.7. The molecule has 0 aromatic heterocycles. The Bertz CT molecular complexity index is 991. The number of hydrogen-bond acceptors (Lipinski definition) is 4. The number of benzene rings is 2. The molecular weight excluding hydrogens is 420 g/mol. The largest absolute Gasteiger partial charge is 0.481 e. The molecule has 2 atom stereocenters. The maximum Gasteiger partial charge on any atom is 0.407 e. The summed E-state index contributed by atoms with van der Waals surface area (Å²) in [6.45, 7) is 3.68. The molecule has 2 unspecified atom stereocenters. The van der Waals surface area contributed by atoms with Gasteiger partial charge in [-0.3, -0.25) is 9.59 Å². The summed E-state index contributed by atoms with van der Waals surface area (Å²) in [4.78, 5) is 37.4. The third kappa shape index (κ3) is 5.18. The van der Waals surface area contributed by atoms with E-state index in [9.17, 15) is 14.4 Å². The molecule has 174 valence electrons. The lowest BCUT2D eigenvalue weighted by Gasteiger charge is -2.16. The monoisotopic (exact) mass is 450 g/mol. The lowest BCUT2D eigenvalue weighted by molar-refractivity contribution is -0.138. The van der Waals surface area contributed by atoms with Gasteiger partial charge in [-0.15, -0.1) is 0 Å². The van der Waals surface area contributed by atoms with E-state index in [0.29, 0.717) is 32.5 Å². The number of carbonyl (C=O) groups is 3. The summed E-state index contributed by atoms with van der Waals surface area (Å²) in [5.74, 6) is -0.618. The molecule has 33 heavy (non-hydrogen) atoms. The molecule has 2 amide bonds. The molecule has 1 fully saturated rings. The van der Waals surface area contributed by atoms with E-state index in [4.69, 9.17) is 9.84 Å². The highest BCUT2D eigenvalue weighted by molar-refractivity contribution is 5.79. The SMILES string of the molecule is CC1CN(C(=O)CCCNC(=O)OCC2c3ccccc3-c3ccccc32)CC1CC(=O)O. The van der Waals surface area contributed by atoms with Crippen molar-refractivity contribution in [1.82, 2.24) is 10.2 Å². The van der Waals surface area contributed by atoms with Crippen molar-refractivity contribution < 1.29 is 24.2 Å². The Labute approximate surface area is 193 Å². The first-order valence-corrected chi connectivity index (χ1v) is 11.5. The minimum Gasteiger partial charge on any atom is -0.481 e. The Morgan fingerprint density at radius 1 is 1.03 bits per heavy atom. The molecule has 0 bridgehead atoms. The zero-order chi connectivity index (χ0) is 23.4. The van der Waals surface area contributed by atoms with Crippen molar-refractivity contribution in [2.45, 2.75) is 32.1 Å². The second kappa shape index (κ2) is 10.1. The van der Waals surface area contributed by atoms with Crippen LogP contribution < -0.4 is 5.32 Å². The number of alkyl carbamates (subject to hydrolysis) is 1. The van der Waals surface area contributed by atoms with Gasteiger partial charge in [-0.05, 0) is 40.5 Å². The number of ether oxygens (including phenoxy) is 1. The number of carbonyl (C=O) groups excluding carboxylic acids is 2. The Balaban J connectivity index is 1.20. The summed E-state index contributed by atoms with van der Waals surface area (Å²) < 4.78 is 5.51. The smallest absolute Gasteiger partial charge is 0.407 e. The van der Waals surface area contributed by atoms with E-state index in [-0.39, 0.29) is 36.7 Å². The van der Waals surface area contributed by atoms with E-state index in [1.807, 2.05) is 31.2 Å². The van der Waals surface area contributed by atoms with E-state index >= 15 is 0 Å². The van der Waals surface area contributed by atoms with Crippen LogP contribution in [0.4, 0.5) is 4.79 Å². The Hall–Kier alpha value is -3.35. The van der Waals surface area contributed by atoms with Crippen molar-refractivity contribution in [3.63, 3.8) is 0 Å². The van der Waals surface area contributed by atoms with Crippen LogP contribution in [-0.2, 0) is 14.3 Å². The van der Waals surface area contributed by atoms with Crippen molar-refractivity contribution in [3.05, 3.63) is 59.7 Å². The van der Waals surface area contributed by atoms with Gasteiger partial charge in [0, 0.05) is 32.0 Å². The number of amides is 2. The number of carboxylic acid groups (broad SMARTS) is 1. The molecule has 2 N–H and O–H groups in total. The van der Waals surface area contributed by atoms with Crippen molar-refractivity contribution >= 4 is 18.0 Å². The van der Waals surface area contributed by atoms with Crippen LogP contribution in [0.15, 0.2) is 48.5 Å². The quantitative estimate of drug-likeness (QED) is 0.595. The van der Waals surface area contributed by atoms with Gasteiger partial charge in [0.15, 0.2) is 0 Å². The fourth-order valence-electron chi connectivity index (χ4n) is 4.97. The van der Waals surface area contributed by atoms with E-state index in [1.54, 1.807) is 4.90 Å². The van der Waals surface area contributed by atoms with E-state index in [1.165, 1.54) is 11.1 Å². The van der Waals surface area contributed by atoms with Crippen molar-refractivity contribution in [2.24, 2.45) is 11.8 Å². The zero-order valence-electron chi connectivity index (χ0n) is 18.8. The molecule has 0 saturated carbocycles. The molecule has 1 heterocycles. The minimum atomic E-state index is -0.826. The molecule has 1 aliphatic heterocycles. The summed E-state index contributed by atoms with van der Waals surface area (Å²) in [6, 6.07) is 16.4. The van der Waals surface area contributed by atoms with Crippen LogP contribution in [0.25, 0.3) is 11.1 Å². The molecule has 0 radical (unpaired) electrons. The van der Waals surface area contributed by atoms with Gasteiger partial charge in [-0.1, -0.05) is 55.5 Å². The van der Waals surface area contributed by atoms with Gasteiger partial charge < -0.3 is 20.1 Å². The van der Waals surface area contributed by atoms with Crippen molar-refractivity contribution in [2.75, 3.05) is 26.2 Å². The number of carboxylic acids is 1. The molecule has 2 aliphatic rings. The molecule has 1 aliphatic carbocycles. The standard InChI is InChI=1S/C26H30N2O5/c1-17-14-28(15-18(17)13-25(30)31)24(29)11-6-12-27-26(32)33-16-23-21-9-4-2-7-19(21)20-8-3-5-10-22(20)23/h2-5,7-10,17-18,23H,6,11-16H2,1H3,(H,27,32)(H,30,31). The zero-order valence-corrected chi connectivity index (χ0v) is 18.8. The molecule has 7 heteroatoms. The maximum atomic E-state index is 12.4. The molecule has 1 saturated heterocycles. The van der Waals surface area contributed by atoms with Gasteiger partial charge in [0.1, 0.15) is 6.61 Å². The van der Waals surface area contributed by atoms with Crippen molar-refractivity contribution in [3.8, 4) is 11.1 Å². The van der Waals surface area contributed by atoms with E-state index in [0.717, 1.165) is 11.1 Å². The van der Waals surface area contributed by atoms with Crippen LogP contribution >= 0.6 is 0 Å². The van der Waals surface area contributed by atoms with Crippen molar-refractivity contribution in [1.29, 1.82) is 0 Å². The predicted octanol–water partition coefficient (Wildman–Crippen LogP) is 3.87. The molecule has 4 rings (SSSR count). The Morgan fingerprint density at radius 3 is 2.30 bits per heavy atom. The summed E-state index contributed by atoms with van der Waals surface area (Å²) >= 11 is 0. The van der Waals surface area contributed by atoms with E-state index < -0.39 is 12.1 Å². The molecule has 2 aromatic rings. The fraction of sp³-hybridized carbons (Fsp3) is 0.423. The topological polar surface area (TPSA) is 95.9 Å². The first-order valence-electron chi connectivity index (χ1n) is 11.5. The number of hydrogen-bond donors (Lipinski definition) is 2. The van der Waals surface area contributed by atoms with Crippen LogP contribution in [0.2, 0.25) is 0 Å². The first-order chi connectivity index (χ1) is 15.9. The first kappa shape index (κ1) is 22.8. The van der Waals surface area contributed by atoms with Gasteiger partial charge in [-0.25, -0.2) is 4.79 Å². The summed E-state index contributed by atoms with van der Waals surface area (Å²) in [5.41, 5.74) is 4.70. The minimum absolute atomic E-state index is 0.00377. The number of rotatable bonds is 8. The van der Waals surface area contributed by atoms with Crippen LogP contribution in [0, 0.1) is 11.8 Å². The predicted molar refractivity (Wildman–Crippen MR) is 124 cm³/mol. The van der Waals surface area contributed by atoms with Gasteiger partial charge >= 0.3 is 12.1 Å². The number of fused-ring (bicyclic) bond motifs is 3. The highest BCUT2D eigenvalue weighted by Gasteiger charge is 2.33. The van der Waals surface area contributed by atoms with Gasteiger partial charge in [0.2, 0.25) is 5.91 Å². The normalized spacial score (nSPS) is 19.1. The molecule has 0 spiro atoms. The highest BCUT2D eigenvalue weighted by atomic mass is 16.5. The molecule has 7 nitrogen and oxygen atoms in total. The number of aliphatic carboxylic acids is 1.